The number of halogens is 1. The first kappa shape index (κ1) is 20.1. The van der Waals surface area contributed by atoms with Crippen molar-refractivity contribution >= 4 is 23.4 Å². The van der Waals surface area contributed by atoms with Crippen LogP contribution in [0.1, 0.15) is 24.8 Å². The van der Waals surface area contributed by atoms with E-state index in [0.717, 1.165) is 43.1 Å². The number of piperidine rings is 1. The summed E-state index contributed by atoms with van der Waals surface area (Å²) >= 11 is 6.27. The van der Waals surface area contributed by atoms with Gasteiger partial charge in [0, 0.05) is 45.3 Å². The van der Waals surface area contributed by atoms with Crippen molar-refractivity contribution in [3.05, 3.63) is 34.9 Å². The minimum absolute atomic E-state index is 0.0160. The second-order valence-electron chi connectivity index (χ2n) is 7.68. The summed E-state index contributed by atoms with van der Waals surface area (Å²) in [4.78, 5) is 30.2. The maximum Gasteiger partial charge on any atom is 0.241 e. The molecular formula is C20H28ClN3O3. The van der Waals surface area contributed by atoms with Crippen molar-refractivity contribution in [2.45, 2.75) is 31.4 Å². The van der Waals surface area contributed by atoms with E-state index in [0.29, 0.717) is 19.6 Å². The molecular weight excluding hydrogens is 366 g/mol. The Hall–Kier alpha value is -1.63. The van der Waals surface area contributed by atoms with Crippen LogP contribution in [0.25, 0.3) is 0 Å². The molecule has 0 aliphatic carbocycles. The molecule has 7 heteroatoms. The number of amides is 2. The van der Waals surface area contributed by atoms with Crippen molar-refractivity contribution in [3.63, 3.8) is 0 Å². The number of nitrogens with zero attached hydrogens (tertiary/aromatic N) is 3. The van der Waals surface area contributed by atoms with Crippen molar-refractivity contribution in [3.8, 4) is 0 Å². The Bertz CT molecular complexity index is 687. The Morgan fingerprint density at radius 2 is 1.93 bits per heavy atom. The minimum atomic E-state index is -0.399. The third kappa shape index (κ3) is 5.00. The van der Waals surface area contributed by atoms with Gasteiger partial charge in [-0.3, -0.25) is 14.5 Å². The van der Waals surface area contributed by atoms with E-state index in [-0.39, 0.29) is 18.4 Å². The first-order valence-corrected chi connectivity index (χ1v) is 9.84. The highest BCUT2D eigenvalue weighted by molar-refractivity contribution is 6.31. The number of ether oxygens (including phenoxy) is 1. The Morgan fingerprint density at radius 3 is 2.59 bits per heavy atom. The molecule has 6 nitrogen and oxygen atoms in total. The lowest BCUT2D eigenvalue weighted by Gasteiger charge is -2.40. The molecule has 2 fully saturated rings. The topological polar surface area (TPSA) is 53.1 Å². The predicted molar refractivity (Wildman–Crippen MR) is 105 cm³/mol. The summed E-state index contributed by atoms with van der Waals surface area (Å²) in [6, 6.07) is 7.91. The van der Waals surface area contributed by atoms with Crippen LogP contribution in [0.15, 0.2) is 24.3 Å². The van der Waals surface area contributed by atoms with Gasteiger partial charge in [-0.05, 0) is 24.5 Å². The second-order valence-corrected chi connectivity index (χ2v) is 8.09. The highest BCUT2D eigenvalue weighted by Gasteiger charge is 2.41. The van der Waals surface area contributed by atoms with Gasteiger partial charge in [0.2, 0.25) is 11.8 Å². The Balaban J connectivity index is 1.57. The van der Waals surface area contributed by atoms with E-state index in [1.165, 1.54) is 4.90 Å². The predicted octanol–water partition coefficient (Wildman–Crippen LogP) is 2.01. The van der Waals surface area contributed by atoms with Crippen molar-refractivity contribution in [1.29, 1.82) is 0 Å². The molecule has 1 aromatic carbocycles. The van der Waals surface area contributed by atoms with Gasteiger partial charge < -0.3 is 14.5 Å². The summed E-state index contributed by atoms with van der Waals surface area (Å²) in [6.45, 7) is 3.64. The van der Waals surface area contributed by atoms with Gasteiger partial charge >= 0.3 is 0 Å². The number of hydrogen-bond acceptors (Lipinski definition) is 4. The van der Waals surface area contributed by atoms with E-state index in [2.05, 4.69) is 11.0 Å². The van der Waals surface area contributed by atoms with Crippen LogP contribution in [0.4, 0.5) is 0 Å². The molecule has 0 bridgehead atoms. The van der Waals surface area contributed by atoms with Crippen LogP contribution in [0.5, 0.6) is 0 Å². The molecule has 1 spiro atoms. The zero-order chi connectivity index (χ0) is 19.4. The van der Waals surface area contributed by atoms with Crippen LogP contribution in [0.2, 0.25) is 5.02 Å². The molecule has 3 rings (SSSR count). The molecule has 0 atom stereocenters. The summed E-state index contributed by atoms with van der Waals surface area (Å²) in [5.41, 5.74) is 0.727. The van der Waals surface area contributed by atoms with Crippen LogP contribution >= 0.6 is 11.6 Å². The van der Waals surface area contributed by atoms with Gasteiger partial charge in [0.05, 0.1) is 25.2 Å². The summed E-state index contributed by atoms with van der Waals surface area (Å²) in [5.74, 6) is -0.0453. The lowest BCUT2D eigenvalue weighted by Crippen LogP contribution is -2.47. The fraction of sp³-hybridized carbons (Fsp3) is 0.600. The summed E-state index contributed by atoms with van der Waals surface area (Å²) in [6.07, 6.45) is 1.99. The van der Waals surface area contributed by atoms with Crippen LogP contribution < -0.4 is 0 Å². The Morgan fingerprint density at radius 1 is 1.22 bits per heavy atom. The van der Waals surface area contributed by atoms with Gasteiger partial charge in [0.15, 0.2) is 0 Å². The average Bonchev–Trinajstić information content (AvgIpc) is 2.78. The zero-order valence-corrected chi connectivity index (χ0v) is 16.9. The first-order chi connectivity index (χ1) is 12.9. The molecule has 2 heterocycles. The third-order valence-electron chi connectivity index (χ3n) is 5.54. The van der Waals surface area contributed by atoms with Gasteiger partial charge in [-0.1, -0.05) is 29.8 Å². The fourth-order valence-corrected chi connectivity index (χ4v) is 3.91. The molecule has 0 radical (unpaired) electrons. The van der Waals surface area contributed by atoms with Crippen molar-refractivity contribution in [2.75, 3.05) is 46.9 Å². The van der Waals surface area contributed by atoms with E-state index < -0.39 is 5.60 Å². The lowest BCUT2D eigenvalue weighted by molar-refractivity contribution is -0.140. The van der Waals surface area contributed by atoms with E-state index >= 15 is 0 Å². The summed E-state index contributed by atoms with van der Waals surface area (Å²) in [7, 11) is 3.41. The standard InChI is InChI=1S/C20H28ClN3O3/c1-22(2)19(26)15-24-11-12-27-20(13-18(24)25)7-9-23(10-8-20)14-16-5-3-4-6-17(16)21/h3-6H,7-15H2,1-2H3. The quantitative estimate of drug-likeness (QED) is 0.785. The molecule has 2 amide bonds. The number of hydrogen-bond donors (Lipinski definition) is 0. The number of likely N-dealkylation sites (N-methyl/N-ethyl adjacent to an activating group) is 1. The van der Waals surface area contributed by atoms with Gasteiger partial charge in [0.25, 0.3) is 0 Å². The van der Waals surface area contributed by atoms with E-state index in [4.69, 9.17) is 16.3 Å². The lowest BCUT2D eigenvalue weighted by atomic mass is 9.87. The molecule has 0 unspecified atom stereocenters. The van der Waals surface area contributed by atoms with Gasteiger partial charge in [-0.15, -0.1) is 0 Å². The van der Waals surface area contributed by atoms with Crippen LogP contribution in [-0.4, -0.2) is 79.0 Å². The second kappa shape index (κ2) is 8.59. The van der Waals surface area contributed by atoms with Crippen molar-refractivity contribution in [2.24, 2.45) is 0 Å². The number of carbonyl (C=O) groups excluding carboxylic acids is 2. The molecule has 27 heavy (non-hydrogen) atoms. The van der Waals surface area contributed by atoms with Crippen molar-refractivity contribution in [1.82, 2.24) is 14.7 Å². The maximum atomic E-state index is 12.7. The number of carbonyl (C=O) groups is 2. The molecule has 148 valence electrons. The Labute approximate surface area is 166 Å². The molecule has 2 saturated heterocycles. The third-order valence-corrected chi connectivity index (χ3v) is 5.91. The molecule has 2 aliphatic heterocycles. The van der Waals surface area contributed by atoms with Gasteiger partial charge in [-0.25, -0.2) is 0 Å². The first-order valence-electron chi connectivity index (χ1n) is 9.46. The number of benzene rings is 1. The molecule has 0 saturated carbocycles. The van der Waals surface area contributed by atoms with Gasteiger partial charge in [-0.2, -0.15) is 0 Å². The van der Waals surface area contributed by atoms with E-state index in [9.17, 15) is 9.59 Å². The monoisotopic (exact) mass is 393 g/mol. The molecule has 1 aromatic rings. The largest absolute Gasteiger partial charge is 0.373 e. The molecule has 0 N–H and O–H groups in total. The smallest absolute Gasteiger partial charge is 0.241 e. The van der Waals surface area contributed by atoms with E-state index in [1.54, 1.807) is 19.0 Å². The van der Waals surface area contributed by atoms with Crippen LogP contribution in [0, 0.1) is 0 Å². The zero-order valence-electron chi connectivity index (χ0n) is 16.1. The van der Waals surface area contributed by atoms with E-state index in [1.807, 2.05) is 18.2 Å². The normalized spacial score (nSPS) is 20.6. The number of likely N-dealkylation sites (tertiary alicyclic amines) is 1. The van der Waals surface area contributed by atoms with Crippen molar-refractivity contribution < 1.29 is 14.3 Å². The number of rotatable bonds is 4. The fourth-order valence-electron chi connectivity index (χ4n) is 3.71. The van der Waals surface area contributed by atoms with Crippen LogP contribution in [-0.2, 0) is 20.9 Å². The minimum Gasteiger partial charge on any atom is -0.373 e. The SMILES string of the molecule is CN(C)C(=O)CN1CCOC2(CCN(Cc3ccccc3Cl)CC2)CC1=O. The summed E-state index contributed by atoms with van der Waals surface area (Å²) < 4.78 is 6.16. The van der Waals surface area contributed by atoms with Gasteiger partial charge in [0.1, 0.15) is 0 Å². The molecule has 0 aromatic heterocycles. The Kier molecular flexibility index (Phi) is 6.40. The van der Waals surface area contributed by atoms with Crippen LogP contribution in [0.3, 0.4) is 0 Å². The highest BCUT2D eigenvalue weighted by atomic mass is 35.5. The highest BCUT2D eigenvalue weighted by Crippen LogP contribution is 2.33. The maximum absolute atomic E-state index is 12.7. The summed E-state index contributed by atoms with van der Waals surface area (Å²) in [5, 5.41) is 0.792. The average molecular weight is 394 g/mol. The molecule has 2 aliphatic rings.